The van der Waals surface area contributed by atoms with Crippen LogP contribution in [0.1, 0.15) is 24.8 Å². The van der Waals surface area contributed by atoms with Gasteiger partial charge in [-0.15, -0.1) is 0 Å². The van der Waals surface area contributed by atoms with Gasteiger partial charge in [-0.3, -0.25) is 9.78 Å². The van der Waals surface area contributed by atoms with E-state index in [1.54, 1.807) is 0 Å². The van der Waals surface area contributed by atoms with E-state index in [0.717, 1.165) is 25.4 Å². The summed E-state index contributed by atoms with van der Waals surface area (Å²) in [5.74, 6) is 0.865. The van der Waals surface area contributed by atoms with Crippen LogP contribution >= 0.6 is 0 Å². The van der Waals surface area contributed by atoms with E-state index in [4.69, 9.17) is 0 Å². The highest BCUT2D eigenvalue weighted by atomic mass is 15.3. The summed E-state index contributed by atoms with van der Waals surface area (Å²) in [7, 11) is 0. The monoisotopic (exact) mass is 273 g/mol. The zero-order valence-corrected chi connectivity index (χ0v) is 11.9. The Hall–Kier alpha value is -1.62. The number of hydrogen-bond donors (Lipinski definition) is 1. The number of piperidine rings is 1. The van der Waals surface area contributed by atoms with Gasteiger partial charge in [-0.1, -0.05) is 0 Å². The molecule has 0 aliphatic carbocycles. The van der Waals surface area contributed by atoms with Gasteiger partial charge in [-0.2, -0.15) is 10.2 Å². The van der Waals surface area contributed by atoms with E-state index in [-0.39, 0.29) is 0 Å². The van der Waals surface area contributed by atoms with E-state index in [0.29, 0.717) is 0 Å². The highest BCUT2D eigenvalue weighted by molar-refractivity contribution is 5.02. The summed E-state index contributed by atoms with van der Waals surface area (Å²) in [5, 5.41) is 11.1. The van der Waals surface area contributed by atoms with Crippen molar-refractivity contribution >= 4 is 0 Å². The van der Waals surface area contributed by atoms with Crippen LogP contribution in [0.5, 0.6) is 0 Å². The number of H-pyrrole nitrogens is 1. The molecule has 5 heteroatoms. The minimum atomic E-state index is 0.865. The molecule has 5 nitrogen and oxygen atoms in total. The quantitative estimate of drug-likeness (QED) is 0.875. The molecule has 1 aliphatic rings. The predicted molar refractivity (Wildman–Crippen MR) is 78.3 cm³/mol. The second-order valence-electron chi connectivity index (χ2n) is 5.70. The Morgan fingerprint density at radius 1 is 1.25 bits per heavy atom. The topological polar surface area (TPSA) is 49.7 Å². The smallest absolute Gasteiger partial charge is 0.0519 e. The van der Waals surface area contributed by atoms with Crippen molar-refractivity contribution in [3.63, 3.8) is 0 Å². The lowest BCUT2D eigenvalue weighted by Gasteiger charge is -2.31. The molecule has 0 unspecified atom stereocenters. The number of aromatic amines is 1. The Kier molecular flexibility index (Phi) is 4.48. The van der Waals surface area contributed by atoms with E-state index in [1.807, 2.05) is 29.3 Å². The van der Waals surface area contributed by atoms with Crippen molar-refractivity contribution in [2.75, 3.05) is 19.6 Å². The van der Waals surface area contributed by atoms with Crippen molar-refractivity contribution in [1.82, 2.24) is 24.9 Å². The first-order chi connectivity index (χ1) is 9.90. The number of nitrogens with one attached hydrogen (secondary N) is 1. The molecule has 20 heavy (non-hydrogen) atoms. The molecule has 2 aromatic rings. The molecule has 0 spiro atoms. The van der Waals surface area contributed by atoms with Crippen molar-refractivity contribution < 1.29 is 0 Å². The first-order valence-electron chi connectivity index (χ1n) is 7.57. The van der Waals surface area contributed by atoms with Crippen LogP contribution < -0.4 is 0 Å². The highest BCUT2D eigenvalue weighted by Crippen LogP contribution is 2.21. The lowest BCUT2D eigenvalue weighted by molar-refractivity contribution is 0.177. The molecule has 2 aromatic heterocycles. The fourth-order valence-corrected chi connectivity index (χ4v) is 2.95. The molecule has 1 aliphatic heterocycles. The standard InChI is InChI=1S/C15H23N5/c1-6-18-20(7-1)11-5-14-2-8-19(9-3-14)10-4-15-12-16-17-13-15/h1,6-7,12-14H,2-5,8-11H2,(H,16,17). The summed E-state index contributed by atoms with van der Waals surface area (Å²) in [4.78, 5) is 2.58. The van der Waals surface area contributed by atoms with Crippen LogP contribution in [0.3, 0.4) is 0 Å². The summed E-state index contributed by atoms with van der Waals surface area (Å²) >= 11 is 0. The van der Waals surface area contributed by atoms with E-state index >= 15 is 0 Å². The largest absolute Gasteiger partial charge is 0.303 e. The molecule has 3 heterocycles. The minimum Gasteiger partial charge on any atom is -0.303 e. The maximum atomic E-state index is 4.27. The molecule has 0 bridgehead atoms. The SMILES string of the molecule is c1cnn(CCC2CCN(CCc3cn[nH]c3)CC2)c1. The van der Waals surface area contributed by atoms with Gasteiger partial charge in [-0.25, -0.2) is 0 Å². The summed E-state index contributed by atoms with van der Waals surface area (Å²) in [6.07, 6.45) is 12.9. The molecule has 3 rings (SSSR count). The Morgan fingerprint density at radius 2 is 2.15 bits per heavy atom. The lowest BCUT2D eigenvalue weighted by atomic mass is 9.93. The van der Waals surface area contributed by atoms with Crippen molar-refractivity contribution in [2.45, 2.75) is 32.2 Å². The van der Waals surface area contributed by atoms with Gasteiger partial charge in [0.1, 0.15) is 0 Å². The molecule has 0 atom stereocenters. The van der Waals surface area contributed by atoms with Crippen LogP contribution in [-0.2, 0) is 13.0 Å². The number of nitrogens with zero attached hydrogens (tertiary/aromatic N) is 4. The first-order valence-corrected chi connectivity index (χ1v) is 7.57. The van der Waals surface area contributed by atoms with Crippen LogP contribution in [0.4, 0.5) is 0 Å². The second kappa shape index (κ2) is 6.70. The van der Waals surface area contributed by atoms with Crippen molar-refractivity contribution in [2.24, 2.45) is 5.92 Å². The number of aromatic nitrogens is 4. The average molecular weight is 273 g/mol. The Morgan fingerprint density at radius 3 is 2.85 bits per heavy atom. The fourth-order valence-electron chi connectivity index (χ4n) is 2.95. The number of aryl methyl sites for hydroxylation is 1. The third kappa shape index (κ3) is 3.70. The molecular weight excluding hydrogens is 250 g/mol. The molecule has 0 amide bonds. The lowest BCUT2D eigenvalue weighted by Crippen LogP contribution is -2.35. The molecule has 1 saturated heterocycles. The van der Waals surface area contributed by atoms with Gasteiger partial charge < -0.3 is 4.90 Å². The van der Waals surface area contributed by atoms with Gasteiger partial charge in [0.25, 0.3) is 0 Å². The predicted octanol–water partition coefficient (Wildman–Crippen LogP) is 1.95. The van der Waals surface area contributed by atoms with E-state index < -0.39 is 0 Å². The van der Waals surface area contributed by atoms with Crippen LogP contribution in [0, 0.1) is 5.92 Å². The zero-order chi connectivity index (χ0) is 13.6. The molecular formula is C15H23N5. The maximum Gasteiger partial charge on any atom is 0.0519 e. The summed E-state index contributed by atoms with van der Waals surface area (Å²) in [6, 6.07) is 2.00. The van der Waals surface area contributed by atoms with Gasteiger partial charge in [0.05, 0.1) is 6.20 Å². The normalized spacial score (nSPS) is 17.6. The molecule has 0 radical (unpaired) electrons. The second-order valence-corrected chi connectivity index (χ2v) is 5.70. The Balaban J connectivity index is 1.34. The third-order valence-corrected chi connectivity index (χ3v) is 4.30. The van der Waals surface area contributed by atoms with E-state index in [2.05, 4.69) is 26.4 Å². The van der Waals surface area contributed by atoms with Crippen LogP contribution in [-0.4, -0.2) is 44.5 Å². The Labute approximate surface area is 120 Å². The van der Waals surface area contributed by atoms with Gasteiger partial charge in [-0.05, 0) is 56.3 Å². The Bertz CT molecular complexity index is 422. The molecule has 1 fully saturated rings. The van der Waals surface area contributed by atoms with Gasteiger partial charge >= 0.3 is 0 Å². The number of likely N-dealkylation sites (tertiary alicyclic amines) is 1. The molecule has 0 aromatic carbocycles. The average Bonchev–Trinajstić information content (AvgIpc) is 3.17. The van der Waals surface area contributed by atoms with Crippen LogP contribution in [0.25, 0.3) is 0 Å². The van der Waals surface area contributed by atoms with Crippen LogP contribution in [0.2, 0.25) is 0 Å². The van der Waals surface area contributed by atoms with Crippen molar-refractivity contribution in [1.29, 1.82) is 0 Å². The van der Waals surface area contributed by atoms with Gasteiger partial charge in [0, 0.05) is 31.7 Å². The number of rotatable bonds is 6. The number of hydrogen-bond acceptors (Lipinski definition) is 3. The van der Waals surface area contributed by atoms with Crippen molar-refractivity contribution in [3.8, 4) is 0 Å². The van der Waals surface area contributed by atoms with E-state index in [9.17, 15) is 0 Å². The molecule has 1 N–H and O–H groups in total. The molecule has 108 valence electrons. The van der Waals surface area contributed by atoms with E-state index in [1.165, 1.54) is 37.9 Å². The molecule has 0 saturated carbocycles. The van der Waals surface area contributed by atoms with Gasteiger partial charge in [0.15, 0.2) is 0 Å². The zero-order valence-electron chi connectivity index (χ0n) is 11.9. The van der Waals surface area contributed by atoms with Crippen molar-refractivity contribution in [3.05, 3.63) is 36.4 Å². The van der Waals surface area contributed by atoms with Gasteiger partial charge in [0.2, 0.25) is 0 Å². The highest BCUT2D eigenvalue weighted by Gasteiger charge is 2.18. The summed E-state index contributed by atoms with van der Waals surface area (Å²) in [6.45, 7) is 4.70. The minimum absolute atomic E-state index is 0.865. The summed E-state index contributed by atoms with van der Waals surface area (Å²) in [5.41, 5.74) is 1.31. The summed E-state index contributed by atoms with van der Waals surface area (Å²) < 4.78 is 2.05. The van der Waals surface area contributed by atoms with Crippen LogP contribution in [0.15, 0.2) is 30.9 Å². The third-order valence-electron chi connectivity index (χ3n) is 4.30. The fraction of sp³-hybridized carbons (Fsp3) is 0.600. The first kappa shape index (κ1) is 13.4. The maximum absolute atomic E-state index is 4.27.